The van der Waals surface area contributed by atoms with Gasteiger partial charge in [0, 0.05) is 52.0 Å². The number of ether oxygens (including phenoxy) is 1. The summed E-state index contributed by atoms with van der Waals surface area (Å²) < 4.78 is 5.51. The summed E-state index contributed by atoms with van der Waals surface area (Å²) in [6, 6.07) is 4.77. The Labute approximate surface area is 170 Å². The van der Waals surface area contributed by atoms with Gasteiger partial charge in [0.1, 0.15) is 5.82 Å². The van der Waals surface area contributed by atoms with Crippen molar-refractivity contribution in [1.82, 2.24) is 15.1 Å². The fourth-order valence-corrected chi connectivity index (χ4v) is 5.44. The molecule has 28 heavy (non-hydrogen) atoms. The Morgan fingerprint density at radius 1 is 1.11 bits per heavy atom. The van der Waals surface area contributed by atoms with Crippen LogP contribution in [0.5, 0.6) is 0 Å². The van der Waals surface area contributed by atoms with E-state index in [1.807, 2.05) is 0 Å². The van der Waals surface area contributed by atoms with E-state index >= 15 is 0 Å². The molecule has 1 unspecified atom stereocenters. The second-order valence-electron chi connectivity index (χ2n) is 8.96. The van der Waals surface area contributed by atoms with Crippen molar-refractivity contribution in [3.8, 4) is 0 Å². The summed E-state index contributed by atoms with van der Waals surface area (Å²) in [5.41, 5.74) is 0. The Morgan fingerprint density at radius 2 is 1.86 bits per heavy atom. The zero-order chi connectivity index (χ0) is 19.3. The maximum Gasteiger partial charge on any atom is 0.151 e. The van der Waals surface area contributed by atoms with E-state index in [4.69, 9.17) is 4.74 Å². The first kappa shape index (κ1) is 19.9. The second-order valence-corrected chi connectivity index (χ2v) is 8.96. The molecular weight excluding hydrogens is 350 g/mol. The monoisotopic (exact) mass is 387 g/mol. The van der Waals surface area contributed by atoms with Gasteiger partial charge in [-0.2, -0.15) is 0 Å². The van der Waals surface area contributed by atoms with Crippen molar-refractivity contribution in [3.05, 3.63) is 12.1 Å². The van der Waals surface area contributed by atoms with Gasteiger partial charge in [0.25, 0.3) is 0 Å². The smallest absolute Gasteiger partial charge is 0.151 e. The number of nitrogens with zero attached hydrogens (tertiary/aromatic N) is 4. The molecule has 3 aliphatic rings. The summed E-state index contributed by atoms with van der Waals surface area (Å²) in [5.74, 6) is 4.47. The third-order valence-electron chi connectivity index (χ3n) is 6.89. The van der Waals surface area contributed by atoms with Crippen molar-refractivity contribution in [1.29, 1.82) is 0 Å². The van der Waals surface area contributed by atoms with E-state index in [2.05, 4.69) is 51.3 Å². The lowest BCUT2D eigenvalue weighted by molar-refractivity contribution is 0.0545. The highest BCUT2D eigenvalue weighted by molar-refractivity contribution is 5.44. The lowest BCUT2D eigenvalue weighted by Crippen LogP contribution is -2.32. The number of fused-ring (bicyclic) bond motifs is 1. The molecule has 4 rings (SSSR count). The molecule has 1 aromatic heterocycles. The minimum atomic E-state index is 0.554. The van der Waals surface area contributed by atoms with Crippen molar-refractivity contribution in [3.63, 3.8) is 0 Å². The number of anilines is 2. The van der Waals surface area contributed by atoms with E-state index in [1.54, 1.807) is 0 Å². The molecule has 1 saturated carbocycles. The van der Waals surface area contributed by atoms with Crippen LogP contribution in [0.3, 0.4) is 0 Å². The van der Waals surface area contributed by atoms with Gasteiger partial charge in [-0.15, -0.1) is 10.2 Å². The van der Waals surface area contributed by atoms with Gasteiger partial charge in [0.05, 0.1) is 0 Å². The van der Waals surface area contributed by atoms with E-state index in [1.165, 1.54) is 45.3 Å². The van der Waals surface area contributed by atoms with Gasteiger partial charge in [0.2, 0.25) is 0 Å². The van der Waals surface area contributed by atoms with Crippen molar-refractivity contribution < 1.29 is 4.74 Å². The molecule has 0 aromatic carbocycles. The Kier molecular flexibility index (Phi) is 6.68. The Balaban J connectivity index is 1.24. The highest BCUT2D eigenvalue weighted by atomic mass is 16.5. The van der Waals surface area contributed by atoms with E-state index in [-0.39, 0.29) is 0 Å². The molecule has 0 amide bonds. The van der Waals surface area contributed by atoms with E-state index < -0.39 is 0 Å². The average Bonchev–Trinajstić information content (AvgIpc) is 3.25. The first-order valence-electron chi connectivity index (χ1n) is 11.4. The van der Waals surface area contributed by atoms with Gasteiger partial charge in [0.15, 0.2) is 5.82 Å². The van der Waals surface area contributed by atoms with Crippen molar-refractivity contribution in [2.45, 2.75) is 52.0 Å². The molecule has 3 fully saturated rings. The maximum absolute atomic E-state index is 5.51. The summed E-state index contributed by atoms with van der Waals surface area (Å²) in [4.78, 5) is 5.01. The third kappa shape index (κ3) is 4.77. The number of hydrogen-bond donors (Lipinski definition) is 1. The van der Waals surface area contributed by atoms with Crippen LogP contribution in [0.4, 0.5) is 11.6 Å². The van der Waals surface area contributed by atoms with Crippen LogP contribution in [-0.4, -0.2) is 67.1 Å². The van der Waals surface area contributed by atoms with Crippen LogP contribution in [-0.2, 0) is 4.74 Å². The van der Waals surface area contributed by atoms with Gasteiger partial charge in [-0.3, -0.25) is 0 Å². The lowest BCUT2D eigenvalue weighted by Gasteiger charge is -2.27. The predicted molar refractivity (Wildman–Crippen MR) is 114 cm³/mol. The zero-order valence-corrected chi connectivity index (χ0v) is 17.6. The number of aromatic nitrogens is 2. The van der Waals surface area contributed by atoms with Gasteiger partial charge in [-0.1, -0.05) is 6.92 Å². The minimum absolute atomic E-state index is 0.554. The van der Waals surface area contributed by atoms with Crippen molar-refractivity contribution in [2.24, 2.45) is 17.8 Å². The fraction of sp³-hybridized carbons (Fsp3) is 0.818. The number of nitrogens with one attached hydrogen (secondary N) is 1. The normalized spacial score (nSPS) is 28.4. The predicted octanol–water partition coefficient (Wildman–Crippen LogP) is 3.26. The quantitative estimate of drug-likeness (QED) is 0.739. The first-order chi connectivity index (χ1) is 13.7. The molecule has 156 valence electrons. The van der Waals surface area contributed by atoms with Gasteiger partial charge in [-0.25, -0.2) is 0 Å². The van der Waals surface area contributed by atoms with Crippen molar-refractivity contribution in [2.75, 3.05) is 56.2 Å². The average molecular weight is 388 g/mol. The lowest BCUT2D eigenvalue weighted by atomic mass is 10.00. The topological polar surface area (TPSA) is 53.5 Å². The van der Waals surface area contributed by atoms with E-state index in [0.717, 1.165) is 62.1 Å². The van der Waals surface area contributed by atoms with Crippen LogP contribution in [0.2, 0.25) is 0 Å². The van der Waals surface area contributed by atoms with Crippen LogP contribution < -0.4 is 10.2 Å². The summed E-state index contributed by atoms with van der Waals surface area (Å²) in [5, 5.41) is 12.6. The van der Waals surface area contributed by atoms with E-state index in [0.29, 0.717) is 6.04 Å². The highest BCUT2D eigenvalue weighted by Gasteiger charge is 2.41. The minimum Gasteiger partial charge on any atom is -0.381 e. The summed E-state index contributed by atoms with van der Waals surface area (Å²) >= 11 is 0. The molecular formula is C22H37N5O. The Morgan fingerprint density at radius 3 is 2.46 bits per heavy atom. The number of hydrogen-bond acceptors (Lipinski definition) is 6. The SMILES string of the molecule is CCCN(CC)c1ccc(NC2C[C@@H]3CN(CC4CCOCC4)C[C@@H]3C2)nn1. The molecule has 1 N–H and O–H groups in total. The zero-order valence-electron chi connectivity index (χ0n) is 17.6. The third-order valence-corrected chi connectivity index (χ3v) is 6.89. The van der Waals surface area contributed by atoms with Crippen LogP contribution in [0, 0.1) is 17.8 Å². The Bertz CT molecular complexity index is 589. The molecule has 3 atom stereocenters. The molecule has 2 aliphatic heterocycles. The van der Waals surface area contributed by atoms with Gasteiger partial charge in [-0.05, 0) is 68.9 Å². The molecule has 1 aliphatic carbocycles. The molecule has 2 saturated heterocycles. The highest BCUT2D eigenvalue weighted by Crippen LogP contribution is 2.39. The number of rotatable bonds is 8. The second kappa shape index (κ2) is 9.40. The summed E-state index contributed by atoms with van der Waals surface area (Å²) in [6.45, 7) is 12.2. The van der Waals surface area contributed by atoms with Gasteiger partial charge >= 0.3 is 0 Å². The maximum atomic E-state index is 5.51. The molecule has 0 bridgehead atoms. The summed E-state index contributed by atoms with van der Waals surface area (Å²) in [7, 11) is 0. The van der Waals surface area contributed by atoms with Crippen LogP contribution in [0.1, 0.15) is 46.0 Å². The molecule has 3 heterocycles. The van der Waals surface area contributed by atoms with E-state index in [9.17, 15) is 0 Å². The van der Waals surface area contributed by atoms with Gasteiger partial charge < -0.3 is 19.9 Å². The largest absolute Gasteiger partial charge is 0.381 e. The molecule has 0 radical (unpaired) electrons. The Hall–Kier alpha value is -1.40. The molecule has 0 spiro atoms. The fourth-order valence-electron chi connectivity index (χ4n) is 5.44. The molecule has 6 nitrogen and oxygen atoms in total. The van der Waals surface area contributed by atoms with Crippen LogP contribution >= 0.6 is 0 Å². The van der Waals surface area contributed by atoms with Crippen LogP contribution in [0.25, 0.3) is 0 Å². The van der Waals surface area contributed by atoms with Crippen molar-refractivity contribution >= 4 is 11.6 Å². The van der Waals surface area contributed by atoms with Crippen LogP contribution in [0.15, 0.2) is 12.1 Å². The molecule has 1 aromatic rings. The standard InChI is InChI=1S/C22H37N5O/c1-3-9-27(4-2)22-6-5-21(24-25-22)23-20-12-18-15-26(16-19(18)13-20)14-17-7-10-28-11-8-17/h5-6,17-20H,3-4,7-16H2,1-2H3,(H,23,24)/t18-,19+,20?. The molecule has 6 heteroatoms. The summed E-state index contributed by atoms with van der Waals surface area (Å²) in [6.07, 6.45) is 6.17. The first-order valence-corrected chi connectivity index (χ1v) is 11.4. The number of likely N-dealkylation sites (tertiary alicyclic amines) is 1.